The van der Waals surface area contributed by atoms with Crippen molar-refractivity contribution in [1.82, 2.24) is 10.0 Å². The predicted molar refractivity (Wildman–Crippen MR) is 70.0 cm³/mol. The van der Waals surface area contributed by atoms with E-state index < -0.39 is 10.0 Å². The fourth-order valence-corrected chi connectivity index (χ4v) is 2.07. The molecule has 0 aromatic heterocycles. The molecule has 0 aliphatic rings. The molecule has 0 bridgehead atoms. The number of sulfonamides is 1. The smallest absolute Gasteiger partial charge is 0.209 e. The SMILES string of the molecule is C=C(NCCCC)O[C@H](C)C(C)NS(C)(=O)=O. The third-order valence-corrected chi connectivity index (χ3v) is 3.08. The molecule has 6 heteroatoms. The third-order valence-electron chi connectivity index (χ3n) is 2.28. The van der Waals surface area contributed by atoms with Gasteiger partial charge in [0.2, 0.25) is 10.0 Å². The van der Waals surface area contributed by atoms with Gasteiger partial charge in [-0.05, 0) is 26.8 Å². The maximum absolute atomic E-state index is 11.0. The van der Waals surface area contributed by atoms with Crippen molar-refractivity contribution < 1.29 is 13.2 Å². The summed E-state index contributed by atoms with van der Waals surface area (Å²) in [5, 5.41) is 3.04. The van der Waals surface area contributed by atoms with Gasteiger partial charge in [-0.25, -0.2) is 13.1 Å². The molecular formula is C11H24N2O3S. The second-order valence-corrected chi connectivity index (χ2v) is 5.99. The molecule has 0 aromatic carbocycles. The molecule has 0 saturated heterocycles. The second-order valence-electron chi connectivity index (χ2n) is 4.21. The number of hydrogen-bond donors (Lipinski definition) is 2. The number of rotatable bonds is 9. The lowest BCUT2D eigenvalue weighted by atomic mass is 10.2. The summed E-state index contributed by atoms with van der Waals surface area (Å²) >= 11 is 0. The highest BCUT2D eigenvalue weighted by Crippen LogP contribution is 2.03. The summed E-state index contributed by atoms with van der Waals surface area (Å²) < 4.78 is 30.0. The maximum atomic E-state index is 11.0. The lowest BCUT2D eigenvalue weighted by Gasteiger charge is -2.23. The Morgan fingerprint density at radius 1 is 1.41 bits per heavy atom. The van der Waals surface area contributed by atoms with Crippen molar-refractivity contribution >= 4 is 10.0 Å². The first-order valence-corrected chi connectivity index (χ1v) is 7.72. The van der Waals surface area contributed by atoms with Gasteiger partial charge in [0.05, 0.1) is 12.3 Å². The van der Waals surface area contributed by atoms with Crippen LogP contribution in [0.5, 0.6) is 0 Å². The zero-order chi connectivity index (χ0) is 13.5. The van der Waals surface area contributed by atoms with Crippen molar-refractivity contribution in [1.29, 1.82) is 0 Å². The topological polar surface area (TPSA) is 67.4 Å². The second kappa shape index (κ2) is 7.55. The molecule has 0 aliphatic heterocycles. The molecule has 0 aromatic rings. The first-order valence-electron chi connectivity index (χ1n) is 5.83. The monoisotopic (exact) mass is 264 g/mol. The van der Waals surface area contributed by atoms with Crippen molar-refractivity contribution in [3.8, 4) is 0 Å². The normalized spacial score (nSPS) is 15.1. The van der Waals surface area contributed by atoms with Crippen LogP contribution in [0.25, 0.3) is 0 Å². The molecule has 0 rings (SSSR count). The lowest BCUT2D eigenvalue weighted by molar-refractivity contribution is 0.0955. The van der Waals surface area contributed by atoms with E-state index in [2.05, 4.69) is 23.5 Å². The van der Waals surface area contributed by atoms with Gasteiger partial charge in [0.25, 0.3) is 0 Å². The minimum atomic E-state index is -3.21. The first-order chi connectivity index (χ1) is 7.76. The first kappa shape index (κ1) is 16.2. The average molecular weight is 264 g/mol. The molecule has 0 amide bonds. The fraction of sp³-hybridized carbons (Fsp3) is 0.818. The van der Waals surface area contributed by atoms with E-state index in [1.165, 1.54) is 0 Å². The molecule has 0 spiro atoms. The van der Waals surface area contributed by atoms with Gasteiger partial charge < -0.3 is 10.1 Å². The molecule has 1 unspecified atom stereocenters. The molecule has 2 atom stereocenters. The van der Waals surface area contributed by atoms with Crippen molar-refractivity contribution in [2.24, 2.45) is 0 Å². The lowest BCUT2D eigenvalue weighted by Crippen LogP contribution is -2.41. The van der Waals surface area contributed by atoms with Crippen molar-refractivity contribution in [2.75, 3.05) is 12.8 Å². The molecule has 102 valence electrons. The van der Waals surface area contributed by atoms with E-state index in [-0.39, 0.29) is 12.1 Å². The molecule has 2 N–H and O–H groups in total. The summed E-state index contributed by atoms with van der Waals surface area (Å²) in [6.45, 7) is 10.2. The summed E-state index contributed by atoms with van der Waals surface area (Å²) in [4.78, 5) is 0. The summed E-state index contributed by atoms with van der Waals surface area (Å²) in [5.41, 5.74) is 0. The zero-order valence-corrected chi connectivity index (χ0v) is 11.9. The van der Waals surface area contributed by atoms with Crippen LogP contribution in [0.1, 0.15) is 33.6 Å². The van der Waals surface area contributed by atoms with E-state index >= 15 is 0 Å². The highest BCUT2D eigenvalue weighted by Gasteiger charge is 2.17. The van der Waals surface area contributed by atoms with Crippen molar-refractivity contribution in [2.45, 2.75) is 45.8 Å². The van der Waals surface area contributed by atoms with Gasteiger partial charge in [-0.15, -0.1) is 0 Å². The highest BCUT2D eigenvalue weighted by molar-refractivity contribution is 7.88. The summed E-state index contributed by atoms with van der Waals surface area (Å²) in [6, 6.07) is -0.297. The van der Waals surface area contributed by atoms with Crippen LogP contribution in [0.2, 0.25) is 0 Å². The largest absolute Gasteiger partial charge is 0.475 e. The predicted octanol–water partition coefficient (Wildman–Crippen LogP) is 1.19. The van der Waals surface area contributed by atoms with Crippen LogP contribution in [0, 0.1) is 0 Å². The Bertz CT molecular complexity index is 328. The van der Waals surface area contributed by atoms with Crippen LogP contribution >= 0.6 is 0 Å². The molecule has 17 heavy (non-hydrogen) atoms. The molecule has 0 radical (unpaired) electrons. The van der Waals surface area contributed by atoms with Gasteiger partial charge in [0.15, 0.2) is 5.88 Å². The van der Waals surface area contributed by atoms with Gasteiger partial charge >= 0.3 is 0 Å². The average Bonchev–Trinajstić information content (AvgIpc) is 2.15. The quantitative estimate of drug-likeness (QED) is 0.485. The molecule has 5 nitrogen and oxygen atoms in total. The molecular weight excluding hydrogens is 240 g/mol. The Balaban J connectivity index is 3.99. The number of hydrogen-bond acceptors (Lipinski definition) is 4. The number of ether oxygens (including phenoxy) is 1. The van der Waals surface area contributed by atoms with E-state index in [1.807, 2.05) is 0 Å². The Morgan fingerprint density at radius 3 is 2.47 bits per heavy atom. The Morgan fingerprint density at radius 2 is 2.00 bits per heavy atom. The molecule has 0 aliphatic carbocycles. The summed E-state index contributed by atoms with van der Waals surface area (Å²) in [5.74, 6) is 0.480. The van der Waals surface area contributed by atoms with Gasteiger partial charge in [0, 0.05) is 6.54 Å². The highest BCUT2D eigenvalue weighted by atomic mass is 32.2. The van der Waals surface area contributed by atoms with E-state index in [0.29, 0.717) is 5.88 Å². The van der Waals surface area contributed by atoms with E-state index in [9.17, 15) is 8.42 Å². The zero-order valence-electron chi connectivity index (χ0n) is 11.1. The maximum Gasteiger partial charge on any atom is 0.209 e. The van der Waals surface area contributed by atoms with Crippen molar-refractivity contribution in [3.05, 3.63) is 12.5 Å². The number of unbranched alkanes of at least 4 members (excludes halogenated alkanes) is 1. The van der Waals surface area contributed by atoms with Crippen LogP contribution in [-0.4, -0.2) is 33.4 Å². The van der Waals surface area contributed by atoms with Gasteiger partial charge in [-0.2, -0.15) is 0 Å². The summed E-state index contributed by atoms with van der Waals surface area (Å²) in [6.07, 6.45) is 3.01. The summed E-state index contributed by atoms with van der Waals surface area (Å²) in [7, 11) is -3.21. The minimum absolute atomic E-state index is 0.272. The van der Waals surface area contributed by atoms with E-state index in [0.717, 1.165) is 25.6 Å². The van der Waals surface area contributed by atoms with Gasteiger partial charge in [-0.3, -0.25) is 0 Å². The van der Waals surface area contributed by atoms with Crippen LogP contribution < -0.4 is 10.0 Å². The van der Waals surface area contributed by atoms with Gasteiger partial charge in [-0.1, -0.05) is 13.3 Å². The molecule has 0 heterocycles. The van der Waals surface area contributed by atoms with Crippen LogP contribution in [0.15, 0.2) is 12.5 Å². The molecule has 0 saturated carbocycles. The van der Waals surface area contributed by atoms with Crippen LogP contribution in [0.4, 0.5) is 0 Å². The minimum Gasteiger partial charge on any atom is -0.475 e. The fourth-order valence-electron chi connectivity index (χ4n) is 1.21. The number of nitrogens with one attached hydrogen (secondary N) is 2. The van der Waals surface area contributed by atoms with Gasteiger partial charge in [0.1, 0.15) is 6.10 Å². The Hall–Kier alpha value is -0.750. The van der Waals surface area contributed by atoms with Crippen molar-refractivity contribution in [3.63, 3.8) is 0 Å². The van der Waals surface area contributed by atoms with E-state index in [4.69, 9.17) is 4.74 Å². The Kier molecular flexibility index (Phi) is 7.22. The standard InChI is InChI=1S/C11H24N2O3S/c1-6-7-8-12-11(4)16-10(3)9(2)13-17(5,14)15/h9-10,12-13H,4,6-8H2,1-3,5H3/t9?,10-/m1/s1. The van der Waals surface area contributed by atoms with E-state index in [1.54, 1.807) is 13.8 Å². The Labute approximate surface area is 105 Å². The van der Waals surface area contributed by atoms with Crippen LogP contribution in [0.3, 0.4) is 0 Å². The molecule has 0 fully saturated rings. The third kappa shape index (κ3) is 9.00. The van der Waals surface area contributed by atoms with Crippen LogP contribution in [-0.2, 0) is 14.8 Å².